The number of hydrogen-bond acceptors (Lipinski definition) is 1. The Morgan fingerprint density at radius 3 is 2.33 bits per heavy atom. The number of allylic oxidation sites excluding steroid dienone is 3. The summed E-state index contributed by atoms with van der Waals surface area (Å²) in [5, 5.41) is 0. The standard InChI is InChI=1S/C16H27NO/c1-7-16(14(5)12-13(3)4)10-9-11-17(8-2)15(6)18/h8-10,12,14,16H,2,7,11H2,1,3-6H3/b10-9+. The molecule has 2 nitrogen and oxygen atoms in total. The van der Waals surface area contributed by atoms with E-state index in [0.29, 0.717) is 18.4 Å². The molecule has 102 valence electrons. The van der Waals surface area contributed by atoms with E-state index in [4.69, 9.17) is 0 Å². The molecule has 0 N–H and O–H groups in total. The van der Waals surface area contributed by atoms with Crippen LogP contribution in [0.5, 0.6) is 0 Å². The average molecular weight is 249 g/mol. The summed E-state index contributed by atoms with van der Waals surface area (Å²) in [6, 6.07) is 0. The summed E-state index contributed by atoms with van der Waals surface area (Å²) in [7, 11) is 0. The van der Waals surface area contributed by atoms with Crippen molar-refractivity contribution in [3.05, 3.63) is 36.6 Å². The lowest BCUT2D eigenvalue weighted by molar-refractivity contribution is -0.125. The number of carbonyl (C=O) groups excluding carboxylic acids is 1. The van der Waals surface area contributed by atoms with Crippen molar-refractivity contribution in [1.29, 1.82) is 0 Å². The largest absolute Gasteiger partial charge is 0.316 e. The van der Waals surface area contributed by atoms with E-state index in [0.717, 1.165) is 6.42 Å². The van der Waals surface area contributed by atoms with Crippen LogP contribution in [0, 0.1) is 11.8 Å². The van der Waals surface area contributed by atoms with Gasteiger partial charge in [0.25, 0.3) is 0 Å². The molecule has 18 heavy (non-hydrogen) atoms. The number of carbonyl (C=O) groups is 1. The van der Waals surface area contributed by atoms with Crippen LogP contribution >= 0.6 is 0 Å². The smallest absolute Gasteiger partial charge is 0.223 e. The van der Waals surface area contributed by atoms with Gasteiger partial charge in [-0.15, -0.1) is 0 Å². The fourth-order valence-electron chi connectivity index (χ4n) is 2.01. The van der Waals surface area contributed by atoms with Crippen LogP contribution < -0.4 is 0 Å². The van der Waals surface area contributed by atoms with E-state index < -0.39 is 0 Å². The van der Waals surface area contributed by atoms with Crippen molar-refractivity contribution >= 4 is 5.91 Å². The van der Waals surface area contributed by atoms with Crippen molar-refractivity contribution < 1.29 is 4.79 Å². The highest BCUT2D eigenvalue weighted by atomic mass is 16.2. The molecule has 0 bridgehead atoms. The molecular weight excluding hydrogens is 222 g/mol. The van der Waals surface area contributed by atoms with Crippen molar-refractivity contribution in [2.24, 2.45) is 11.8 Å². The third-order valence-electron chi connectivity index (χ3n) is 3.05. The van der Waals surface area contributed by atoms with Gasteiger partial charge in [-0.2, -0.15) is 0 Å². The molecule has 0 aromatic rings. The average Bonchev–Trinajstić information content (AvgIpc) is 2.27. The van der Waals surface area contributed by atoms with Crippen LogP contribution in [0.4, 0.5) is 0 Å². The van der Waals surface area contributed by atoms with E-state index in [1.165, 1.54) is 5.57 Å². The van der Waals surface area contributed by atoms with Crippen LogP contribution in [-0.4, -0.2) is 17.4 Å². The van der Waals surface area contributed by atoms with E-state index in [2.05, 4.69) is 52.5 Å². The molecule has 2 heteroatoms. The van der Waals surface area contributed by atoms with Gasteiger partial charge in [-0.25, -0.2) is 0 Å². The number of rotatable bonds is 7. The van der Waals surface area contributed by atoms with E-state index in [1.54, 1.807) is 18.0 Å². The van der Waals surface area contributed by atoms with E-state index in [-0.39, 0.29) is 5.91 Å². The number of hydrogen-bond donors (Lipinski definition) is 0. The second kappa shape index (κ2) is 8.73. The molecule has 2 atom stereocenters. The second-order valence-corrected chi connectivity index (χ2v) is 4.96. The summed E-state index contributed by atoms with van der Waals surface area (Å²) in [5.41, 5.74) is 1.35. The Bertz CT molecular complexity index is 324. The zero-order chi connectivity index (χ0) is 14.1. The van der Waals surface area contributed by atoms with Gasteiger partial charge < -0.3 is 4.90 Å². The molecule has 0 spiro atoms. The van der Waals surface area contributed by atoms with E-state index in [1.807, 2.05) is 0 Å². The molecule has 0 radical (unpaired) electrons. The van der Waals surface area contributed by atoms with Gasteiger partial charge in [0.2, 0.25) is 5.91 Å². The van der Waals surface area contributed by atoms with Crippen LogP contribution in [0.25, 0.3) is 0 Å². The Labute approximate surface area is 112 Å². The highest BCUT2D eigenvalue weighted by molar-refractivity contribution is 5.74. The lowest BCUT2D eigenvalue weighted by Gasteiger charge is -2.18. The van der Waals surface area contributed by atoms with Crippen LogP contribution in [0.15, 0.2) is 36.6 Å². The van der Waals surface area contributed by atoms with Crippen LogP contribution in [0.1, 0.15) is 41.0 Å². The Kier molecular flexibility index (Phi) is 8.10. The SMILES string of the molecule is C=CN(C/C=C/C(CC)C(C)C=C(C)C)C(C)=O. The van der Waals surface area contributed by atoms with E-state index >= 15 is 0 Å². The van der Waals surface area contributed by atoms with Crippen LogP contribution in [0.2, 0.25) is 0 Å². The van der Waals surface area contributed by atoms with Gasteiger partial charge in [0, 0.05) is 13.5 Å². The summed E-state index contributed by atoms with van der Waals surface area (Å²) in [6.07, 6.45) is 9.26. The first kappa shape index (κ1) is 16.7. The highest BCUT2D eigenvalue weighted by Crippen LogP contribution is 2.19. The molecule has 0 aliphatic rings. The first-order chi connectivity index (χ1) is 8.42. The van der Waals surface area contributed by atoms with Crippen molar-refractivity contribution in [3.8, 4) is 0 Å². The first-order valence-electron chi connectivity index (χ1n) is 6.63. The zero-order valence-electron chi connectivity index (χ0n) is 12.4. The topological polar surface area (TPSA) is 20.3 Å². The molecule has 0 aliphatic carbocycles. The molecule has 0 heterocycles. The first-order valence-corrected chi connectivity index (χ1v) is 6.63. The molecule has 0 rings (SSSR count). The molecule has 0 aromatic carbocycles. The predicted octanol–water partition coefficient (Wildman–Crippen LogP) is 4.16. The van der Waals surface area contributed by atoms with Gasteiger partial charge in [-0.05, 0) is 38.3 Å². The lowest BCUT2D eigenvalue weighted by Crippen LogP contribution is -2.22. The van der Waals surface area contributed by atoms with Crippen molar-refractivity contribution in [1.82, 2.24) is 4.90 Å². The lowest BCUT2D eigenvalue weighted by atomic mass is 9.90. The maximum absolute atomic E-state index is 11.2. The third-order valence-corrected chi connectivity index (χ3v) is 3.05. The van der Waals surface area contributed by atoms with Gasteiger partial charge in [0.1, 0.15) is 0 Å². The van der Waals surface area contributed by atoms with Gasteiger partial charge in [-0.1, -0.05) is 44.2 Å². The normalized spacial score (nSPS) is 14.1. The fourth-order valence-corrected chi connectivity index (χ4v) is 2.01. The Morgan fingerprint density at radius 2 is 1.94 bits per heavy atom. The predicted molar refractivity (Wildman–Crippen MR) is 79.1 cm³/mol. The summed E-state index contributed by atoms with van der Waals surface area (Å²) < 4.78 is 0. The van der Waals surface area contributed by atoms with Crippen molar-refractivity contribution in [3.63, 3.8) is 0 Å². The Balaban J connectivity index is 4.49. The molecule has 0 aliphatic heterocycles. The van der Waals surface area contributed by atoms with Crippen molar-refractivity contribution in [2.75, 3.05) is 6.54 Å². The summed E-state index contributed by atoms with van der Waals surface area (Å²) >= 11 is 0. The molecule has 0 saturated carbocycles. The van der Waals surface area contributed by atoms with Crippen molar-refractivity contribution in [2.45, 2.75) is 41.0 Å². The van der Waals surface area contributed by atoms with Crippen LogP contribution in [0.3, 0.4) is 0 Å². The van der Waals surface area contributed by atoms with Gasteiger partial charge in [-0.3, -0.25) is 4.79 Å². The number of nitrogens with zero attached hydrogens (tertiary/aromatic N) is 1. The Morgan fingerprint density at radius 1 is 1.33 bits per heavy atom. The minimum Gasteiger partial charge on any atom is -0.316 e. The molecule has 0 aromatic heterocycles. The molecule has 0 fully saturated rings. The minimum atomic E-state index is 0.0278. The summed E-state index contributed by atoms with van der Waals surface area (Å²) in [5.74, 6) is 1.09. The molecule has 0 saturated heterocycles. The van der Waals surface area contributed by atoms with Gasteiger partial charge >= 0.3 is 0 Å². The molecule has 1 amide bonds. The quantitative estimate of drug-likeness (QED) is 0.620. The van der Waals surface area contributed by atoms with Crippen LogP contribution in [-0.2, 0) is 4.79 Å². The van der Waals surface area contributed by atoms with Gasteiger partial charge in [0.15, 0.2) is 0 Å². The summed E-state index contributed by atoms with van der Waals surface area (Å²) in [6.45, 7) is 14.5. The van der Waals surface area contributed by atoms with Gasteiger partial charge in [0.05, 0.1) is 0 Å². The van der Waals surface area contributed by atoms with E-state index in [9.17, 15) is 4.79 Å². The summed E-state index contributed by atoms with van der Waals surface area (Å²) in [4.78, 5) is 12.8. The zero-order valence-corrected chi connectivity index (χ0v) is 12.4. The minimum absolute atomic E-state index is 0.0278. The highest BCUT2D eigenvalue weighted by Gasteiger charge is 2.09. The fraction of sp³-hybridized carbons (Fsp3) is 0.562. The molecule has 2 unspecified atom stereocenters. The third kappa shape index (κ3) is 6.43. The maximum atomic E-state index is 11.2. The maximum Gasteiger partial charge on any atom is 0.223 e. The number of amides is 1. The second-order valence-electron chi connectivity index (χ2n) is 4.96. The Hall–Kier alpha value is -1.31. The monoisotopic (exact) mass is 249 g/mol. The molecular formula is C16H27NO.